The summed E-state index contributed by atoms with van der Waals surface area (Å²) >= 11 is 0. The Labute approximate surface area is 120 Å². The molecule has 0 atom stereocenters. The molecule has 0 aromatic rings. The molecule has 0 aromatic heterocycles. The van der Waals surface area contributed by atoms with Gasteiger partial charge >= 0.3 is 0 Å². The third-order valence-corrected chi connectivity index (χ3v) is 4.36. The number of ether oxygens (including phenoxy) is 4. The van der Waals surface area contributed by atoms with Crippen molar-refractivity contribution >= 4 is 0 Å². The van der Waals surface area contributed by atoms with Crippen LogP contribution in [0.2, 0.25) is 0 Å². The molecule has 2 N–H and O–H groups in total. The average molecular weight is 286 g/mol. The maximum atomic E-state index is 5.52. The first-order valence-electron chi connectivity index (χ1n) is 7.80. The summed E-state index contributed by atoms with van der Waals surface area (Å²) in [7, 11) is 0. The van der Waals surface area contributed by atoms with E-state index in [0.29, 0.717) is 0 Å². The summed E-state index contributed by atoms with van der Waals surface area (Å²) in [5.41, 5.74) is 0. The topological polar surface area (TPSA) is 61.0 Å². The second kappa shape index (κ2) is 6.68. The van der Waals surface area contributed by atoms with Gasteiger partial charge in [0.25, 0.3) is 0 Å². The smallest absolute Gasteiger partial charge is 0.170 e. The molecule has 0 aliphatic carbocycles. The Kier molecular flexibility index (Phi) is 4.91. The van der Waals surface area contributed by atoms with E-state index in [9.17, 15) is 0 Å². The molecule has 116 valence electrons. The van der Waals surface area contributed by atoms with Crippen LogP contribution >= 0.6 is 0 Å². The molecule has 4 saturated heterocycles. The van der Waals surface area contributed by atoms with E-state index in [1.54, 1.807) is 0 Å². The fourth-order valence-electron chi connectivity index (χ4n) is 3.19. The summed E-state index contributed by atoms with van der Waals surface area (Å²) in [6.45, 7) is 7.22. The number of hydrogen-bond acceptors (Lipinski definition) is 6. The molecule has 4 rings (SSSR count). The molecule has 6 nitrogen and oxygen atoms in total. The van der Waals surface area contributed by atoms with E-state index in [0.717, 1.165) is 78.3 Å². The number of hydrogen-bond donors (Lipinski definition) is 2. The van der Waals surface area contributed by atoms with Crippen molar-refractivity contribution in [3.63, 3.8) is 0 Å². The molecule has 4 aliphatic heterocycles. The minimum atomic E-state index is -0.189. The monoisotopic (exact) mass is 286 g/mol. The van der Waals surface area contributed by atoms with Crippen LogP contribution in [-0.4, -0.2) is 64.2 Å². The third-order valence-electron chi connectivity index (χ3n) is 4.36. The fourth-order valence-corrected chi connectivity index (χ4v) is 3.19. The summed E-state index contributed by atoms with van der Waals surface area (Å²) < 4.78 is 22.1. The highest BCUT2D eigenvalue weighted by atomic mass is 16.7. The van der Waals surface area contributed by atoms with Gasteiger partial charge in [-0.15, -0.1) is 0 Å². The van der Waals surface area contributed by atoms with Gasteiger partial charge in [-0.2, -0.15) is 0 Å². The summed E-state index contributed by atoms with van der Waals surface area (Å²) in [5.74, 6) is -0.378. The quantitative estimate of drug-likeness (QED) is 0.664. The highest BCUT2D eigenvalue weighted by Gasteiger charge is 2.38. The van der Waals surface area contributed by atoms with Crippen LogP contribution in [0.5, 0.6) is 0 Å². The summed E-state index contributed by atoms with van der Waals surface area (Å²) in [6.07, 6.45) is 4.03. The van der Waals surface area contributed by atoms with E-state index in [2.05, 4.69) is 10.6 Å². The van der Waals surface area contributed by atoms with Crippen molar-refractivity contribution in [3.8, 4) is 0 Å². The number of rotatable bonds is 0. The lowest BCUT2D eigenvalue weighted by atomic mass is 10.1. The van der Waals surface area contributed by atoms with Gasteiger partial charge in [-0.1, -0.05) is 0 Å². The standard InChI is InChI=1S/2C7H13NO2/c2*1-3-8-4-2-7(1)9-5-6-10-7/h2*8H,1-6H2. The summed E-state index contributed by atoms with van der Waals surface area (Å²) in [6, 6.07) is 0. The van der Waals surface area contributed by atoms with Crippen LogP contribution in [0.3, 0.4) is 0 Å². The Morgan fingerprint density at radius 2 is 0.800 bits per heavy atom. The molecule has 0 amide bonds. The van der Waals surface area contributed by atoms with Crippen molar-refractivity contribution in [1.29, 1.82) is 0 Å². The van der Waals surface area contributed by atoms with Crippen molar-refractivity contribution in [1.82, 2.24) is 10.6 Å². The van der Waals surface area contributed by atoms with Crippen molar-refractivity contribution in [2.45, 2.75) is 37.3 Å². The first-order chi connectivity index (χ1) is 9.83. The fraction of sp³-hybridized carbons (Fsp3) is 1.00. The number of nitrogens with one attached hydrogen (secondary N) is 2. The van der Waals surface area contributed by atoms with Gasteiger partial charge in [0.05, 0.1) is 26.4 Å². The molecule has 2 spiro atoms. The summed E-state index contributed by atoms with van der Waals surface area (Å²) in [4.78, 5) is 0. The maximum absolute atomic E-state index is 5.52. The van der Waals surface area contributed by atoms with Crippen LogP contribution in [0.25, 0.3) is 0 Å². The Morgan fingerprint density at radius 3 is 1.10 bits per heavy atom. The average Bonchev–Trinajstić information content (AvgIpc) is 3.12. The van der Waals surface area contributed by atoms with Gasteiger partial charge in [0.1, 0.15) is 0 Å². The lowest BCUT2D eigenvalue weighted by Crippen LogP contribution is -2.42. The largest absolute Gasteiger partial charge is 0.347 e. The molecular formula is C14H26N2O4. The van der Waals surface area contributed by atoms with Crippen molar-refractivity contribution in [2.24, 2.45) is 0 Å². The van der Waals surface area contributed by atoms with Gasteiger partial charge in [0.2, 0.25) is 0 Å². The first kappa shape index (κ1) is 14.7. The van der Waals surface area contributed by atoms with Gasteiger partial charge in [-0.25, -0.2) is 0 Å². The molecule has 0 unspecified atom stereocenters. The second-order valence-electron chi connectivity index (χ2n) is 5.72. The second-order valence-corrected chi connectivity index (χ2v) is 5.72. The normalized spacial score (nSPS) is 31.2. The highest BCUT2D eigenvalue weighted by Crippen LogP contribution is 2.28. The van der Waals surface area contributed by atoms with E-state index in [1.807, 2.05) is 0 Å². The van der Waals surface area contributed by atoms with Gasteiger partial charge in [-0.3, -0.25) is 0 Å². The zero-order chi connectivity index (χ0) is 13.7. The zero-order valence-corrected chi connectivity index (χ0v) is 12.1. The van der Waals surface area contributed by atoms with Gasteiger partial charge < -0.3 is 29.6 Å². The van der Waals surface area contributed by atoms with E-state index < -0.39 is 0 Å². The number of piperidine rings is 2. The predicted octanol–water partition coefficient (Wildman–Crippen LogP) is 0.226. The molecular weight excluding hydrogens is 260 g/mol. The van der Waals surface area contributed by atoms with E-state index in [1.165, 1.54) is 0 Å². The van der Waals surface area contributed by atoms with Crippen molar-refractivity contribution in [2.75, 3.05) is 52.6 Å². The van der Waals surface area contributed by atoms with E-state index in [-0.39, 0.29) is 11.6 Å². The molecule has 0 bridgehead atoms. The molecule has 0 radical (unpaired) electrons. The zero-order valence-electron chi connectivity index (χ0n) is 12.1. The molecule has 4 fully saturated rings. The van der Waals surface area contributed by atoms with Crippen molar-refractivity contribution in [3.05, 3.63) is 0 Å². The molecule has 4 aliphatic rings. The van der Waals surface area contributed by atoms with Crippen LogP contribution in [0, 0.1) is 0 Å². The molecule has 0 saturated carbocycles. The van der Waals surface area contributed by atoms with Gasteiger partial charge in [0, 0.05) is 51.9 Å². The van der Waals surface area contributed by atoms with E-state index >= 15 is 0 Å². The lowest BCUT2D eigenvalue weighted by Gasteiger charge is -2.31. The van der Waals surface area contributed by atoms with Gasteiger partial charge in [0.15, 0.2) is 11.6 Å². The Morgan fingerprint density at radius 1 is 0.500 bits per heavy atom. The van der Waals surface area contributed by atoms with Crippen LogP contribution in [0.1, 0.15) is 25.7 Å². The lowest BCUT2D eigenvalue weighted by molar-refractivity contribution is -0.172. The van der Waals surface area contributed by atoms with E-state index in [4.69, 9.17) is 18.9 Å². The molecule has 4 heterocycles. The Balaban J connectivity index is 0.000000121. The minimum Gasteiger partial charge on any atom is -0.347 e. The third kappa shape index (κ3) is 3.50. The molecule has 0 aromatic carbocycles. The Hall–Kier alpha value is -0.240. The Bertz CT molecular complexity index is 256. The predicted molar refractivity (Wildman–Crippen MR) is 73.5 cm³/mol. The highest BCUT2D eigenvalue weighted by molar-refractivity contribution is 4.81. The summed E-state index contributed by atoms with van der Waals surface area (Å²) in [5, 5.41) is 6.55. The van der Waals surface area contributed by atoms with Crippen LogP contribution in [0.15, 0.2) is 0 Å². The maximum Gasteiger partial charge on any atom is 0.170 e. The first-order valence-corrected chi connectivity index (χ1v) is 7.80. The molecule has 20 heavy (non-hydrogen) atoms. The SMILES string of the molecule is C1CC2(CCN1)OCCO2.C1CC2(CCN1)OCCO2. The van der Waals surface area contributed by atoms with Crippen LogP contribution in [0.4, 0.5) is 0 Å². The minimum absolute atomic E-state index is 0.189. The molecule has 6 heteroatoms. The van der Waals surface area contributed by atoms with Crippen LogP contribution < -0.4 is 10.6 Å². The van der Waals surface area contributed by atoms with Gasteiger partial charge in [-0.05, 0) is 0 Å². The van der Waals surface area contributed by atoms with Crippen LogP contribution in [-0.2, 0) is 18.9 Å². The van der Waals surface area contributed by atoms with Crippen molar-refractivity contribution < 1.29 is 18.9 Å².